The van der Waals surface area contributed by atoms with Crippen molar-refractivity contribution in [2.75, 3.05) is 0 Å². The standard InChI is InChI=1S/C16H17ClN2S/c1-10(2)11-3-6-13(7-4-11)20-15-9-12(17)5-8-14(15)16(18)19/h3-10H,1-2H3,(H3,18,19). The van der Waals surface area contributed by atoms with E-state index in [1.165, 1.54) is 5.56 Å². The first-order chi connectivity index (χ1) is 9.47. The third-order valence-corrected chi connectivity index (χ3v) is 4.31. The van der Waals surface area contributed by atoms with Crippen molar-refractivity contribution in [2.24, 2.45) is 5.73 Å². The van der Waals surface area contributed by atoms with E-state index >= 15 is 0 Å². The Balaban J connectivity index is 2.29. The summed E-state index contributed by atoms with van der Waals surface area (Å²) in [5.41, 5.74) is 7.64. The lowest BCUT2D eigenvalue weighted by atomic mass is 10.0. The van der Waals surface area contributed by atoms with Gasteiger partial charge in [-0.2, -0.15) is 0 Å². The highest BCUT2D eigenvalue weighted by Gasteiger charge is 2.08. The van der Waals surface area contributed by atoms with Gasteiger partial charge in [-0.05, 0) is 41.8 Å². The Hall–Kier alpha value is -1.45. The van der Waals surface area contributed by atoms with E-state index in [-0.39, 0.29) is 5.84 Å². The Morgan fingerprint density at radius 1 is 1.15 bits per heavy atom. The van der Waals surface area contributed by atoms with Crippen molar-refractivity contribution in [3.8, 4) is 0 Å². The number of halogens is 1. The van der Waals surface area contributed by atoms with Crippen LogP contribution >= 0.6 is 23.4 Å². The number of nitrogens with one attached hydrogen (secondary N) is 1. The van der Waals surface area contributed by atoms with E-state index < -0.39 is 0 Å². The summed E-state index contributed by atoms with van der Waals surface area (Å²) in [5, 5.41) is 8.27. The normalized spacial score (nSPS) is 10.8. The van der Waals surface area contributed by atoms with Gasteiger partial charge in [-0.1, -0.05) is 49.3 Å². The van der Waals surface area contributed by atoms with Crippen LogP contribution in [-0.4, -0.2) is 5.84 Å². The molecule has 0 saturated carbocycles. The third kappa shape index (κ3) is 3.56. The van der Waals surface area contributed by atoms with E-state index in [2.05, 4.69) is 38.1 Å². The van der Waals surface area contributed by atoms with Crippen molar-refractivity contribution in [1.29, 1.82) is 5.41 Å². The lowest BCUT2D eigenvalue weighted by Crippen LogP contribution is -2.12. The van der Waals surface area contributed by atoms with Crippen LogP contribution in [0.4, 0.5) is 0 Å². The molecule has 0 radical (unpaired) electrons. The molecule has 4 heteroatoms. The summed E-state index contributed by atoms with van der Waals surface area (Å²) in [7, 11) is 0. The highest BCUT2D eigenvalue weighted by Crippen LogP contribution is 2.33. The molecule has 20 heavy (non-hydrogen) atoms. The van der Waals surface area contributed by atoms with Crippen molar-refractivity contribution in [3.05, 3.63) is 58.6 Å². The number of nitrogens with two attached hydrogens (primary N) is 1. The van der Waals surface area contributed by atoms with Crippen LogP contribution in [0.2, 0.25) is 5.02 Å². The van der Waals surface area contributed by atoms with Gasteiger partial charge in [-0.15, -0.1) is 0 Å². The summed E-state index contributed by atoms with van der Waals surface area (Å²) in [5.74, 6) is 0.580. The number of rotatable bonds is 4. The molecule has 104 valence electrons. The molecule has 0 amide bonds. The SMILES string of the molecule is CC(C)c1ccc(Sc2cc(Cl)ccc2C(=N)N)cc1. The summed E-state index contributed by atoms with van der Waals surface area (Å²) in [4.78, 5) is 2.02. The van der Waals surface area contributed by atoms with Gasteiger partial charge in [0.15, 0.2) is 0 Å². The predicted octanol–water partition coefficient (Wildman–Crippen LogP) is 4.90. The zero-order valence-corrected chi connectivity index (χ0v) is 13.1. The third-order valence-electron chi connectivity index (χ3n) is 3.01. The highest BCUT2D eigenvalue weighted by molar-refractivity contribution is 7.99. The van der Waals surface area contributed by atoms with Gasteiger partial charge >= 0.3 is 0 Å². The molecule has 0 fully saturated rings. The molecule has 2 rings (SSSR count). The van der Waals surface area contributed by atoms with Gasteiger partial charge in [0.05, 0.1) is 0 Å². The molecule has 2 nitrogen and oxygen atoms in total. The van der Waals surface area contributed by atoms with Gasteiger partial charge in [-0.25, -0.2) is 0 Å². The van der Waals surface area contributed by atoms with E-state index in [1.54, 1.807) is 23.9 Å². The van der Waals surface area contributed by atoms with Gasteiger partial charge < -0.3 is 5.73 Å². The Bertz CT molecular complexity index is 621. The number of benzene rings is 2. The van der Waals surface area contributed by atoms with Crippen molar-refractivity contribution in [2.45, 2.75) is 29.6 Å². The molecule has 0 spiro atoms. The average Bonchev–Trinajstić information content (AvgIpc) is 2.39. The van der Waals surface area contributed by atoms with Crippen LogP contribution in [-0.2, 0) is 0 Å². The molecular formula is C16H17ClN2S. The first-order valence-electron chi connectivity index (χ1n) is 6.39. The summed E-state index contributed by atoms with van der Waals surface area (Å²) in [6.45, 7) is 4.35. The van der Waals surface area contributed by atoms with Gasteiger partial charge in [-0.3, -0.25) is 5.41 Å². The number of hydrogen-bond donors (Lipinski definition) is 2. The average molecular weight is 305 g/mol. The molecule has 0 unspecified atom stereocenters. The Labute approximate surface area is 128 Å². The molecule has 0 bridgehead atoms. The molecule has 0 aliphatic rings. The van der Waals surface area contributed by atoms with E-state index in [1.807, 2.05) is 6.07 Å². The maximum Gasteiger partial charge on any atom is 0.123 e. The quantitative estimate of drug-likeness (QED) is 0.623. The molecule has 0 aliphatic heterocycles. The largest absolute Gasteiger partial charge is 0.384 e. The van der Waals surface area contributed by atoms with Crippen LogP contribution in [0, 0.1) is 5.41 Å². The van der Waals surface area contributed by atoms with E-state index in [9.17, 15) is 0 Å². The second-order valence-corrected chi connectivity index (χ2v) is 6.43. The maximum atomic E-state index is 7.62. The lowest BCUT2D eigenvalue weighted by molar-refractivity contribution is 0.865. The summed E-state index contributed by atoms with van der Waals surface area (Å²) < 4.78 is 0. The Kier molecular flexibility index (Phi) is 4.73. The Morgan fingerprint density at radius 3 is 2.35 bits per heavy atom. The minimum atomic E-state index is 0.0583. The second-order valence-electron chi connectivity index (χ2n) is 4.88. The maximum absolute atomic E-state index is 7.62. The summed E-state index contributed by atoms with van der Waals surface area (Å²) in [6.07, 6.45) is 0. The van der Waals surface area contributed by atoms with Gasteiger partial charge in [0.25, 0.3) is 0 Å². The molecule has 3 N–H and O–H groups in total. The molecule has 0 atom stereocenters. The first kappa shape index (κ1) is 14.9. The van der Waals surface area contributed by atoms with Crippen molar-refractivity contribution < 1.29 is 0 Å². The smallest absolute Gasteiger partial charge is 0.123 e. The highest BCUT2D eigenvalue weighted by atomic mass is 35.5. The zero-order valence-electron chi connectivity index (χ0n) is 11.5. The van der Waals surface area contributed by atoms with E-state index in [0.717, 1.165) is 9.79 Å². The molecular weight excluding hydrogens is 288 g/mol. The molecule has 0 aliphatic carbocycles. The fraction of sp³-hybridized carbons (Fsp3) is 0.188. The molecule has 0 heterocycles. The lowest BCUT2D eigenvalue weighted by Gasteiger charge is -2.10. The predicted molar refractivity (Wildman–Crippen MR) is 87.1 cm³/mol. The van der Waals surface area contributed by atoms with Gasteiger partial charge in [0, 0.05) is 20.4 Å². The fourth-order valence-corrected chi connectivity index (χ4v) is 3.09. The second kappa shape index (κ2) is 6.33. The van der Waals surface area contributed by atoms with Crippen LogP contribution in [0.15, 0.2) is 52.3 Å². The van der Waals surface area contributed by atoms with Crippen LogP contribution < -0.4 is 5.73 Å². The summed E-state index contributed by atoms with van der Waals surface area (Å²) >= 11 is 7.60. The van der Waals surface area contributed by atoms with E-state index in [4.69, 9.17) is 22.7 Å². The molecule has 2 aromatic rings. The molecule has 2 aromatic carbocycles. The van der Waals surface area contributed by atoms with Crippen LogP contribution in [0.5, 0.6) is 0 Å². The monoisotopic (exact) mass is 304 g/mol. The van der Waals surface area contributed by atoms with Crippen LogP contribution in [0.1, 0.15) is 30.9 Å². The van der Waals surface area contributed by atoms with Gasteiger partial charge in [0.1, 0.15) is 5.84 Å². The van der Waals surface area contributed by atoms with Crippen LogP contribution in [0.25, 0.3) is 0 Å². The molecule has 0 aromatic heterocycles. The van der Waals surface area contributed by atoms with Gasteiger partial charge in [0.2, 0.25) is 0 Å². The Morgan fingerprint density at radius 2 is 1.80 bits per heavy atom. The minimum Gasteiger partial charge on any atom is -0.384 e. The van der Waals surface area contributed by atoms with Crippen LogP contribution in [0.3, 0.4) is 0 Å². The minimum absolute atomic E-state index is 0.0583. The van der Waals surface area contributed by atoms with Crippen molar-refractivity contribution in [1.82, 2.24) is 0 Å². The number of amidine groups is 1. The van der Waals surface area contributed by atoms with Crippen molar-refractivity contribution >= 4 is 29.2 Å². The molecule has 0 saturated heterocycles. The van der Waals surface area contributed by atoms with E-state index in [0.29, 0.717) is 16.5 Å². The van der Waals surface area contributed by atoms with Crippen molar-refractivity contribution in [3.63, 3.8) is 0 Å². The summed E-state index contributed by atoms with van der Waals surface area (Å²) in [6, 6.07) is 13.8. The first-order valence-corrected chi connectivity index (χ1v) is 7.58. The fourth-order valence-electron chi connectivity index (χ4n) is 1.85. The number of hydrogen-bond acceptors (Lipinski definition) is 2. The number of nitrogen functional groups attached to an aromatic ring is 1. The topological polar surface area (TPSA) is 49.9 Å². The zero-order chi connectivity index (χ0) is 14.7.